The van der Waals surface area contributed by atoms with Gasteiger partial charge in [-0.25, -0.2) is 8.78 Å². The van der Waals surface area contributed by atoms with E-state index in [1.165, 1.54) is 11.6 Å². The fraction of sp³-hybridized carbons (Fsp3) is 0.333. The van der Waals surface area contributed by atoms with E-state index in [0.717, 1.165) is 19.0 Å². The van der Waals surface area contributed by atoms with E-state index in [1.54, 1.807) is 6.07 Å². The van der Waals surface area contributed by atoms with E-state index >= 15 is 0 Å². The smallest absolute Gasteiger partial charge is 0.130 e. The van der Waals surface area contributed by atoms with Crippen molar-refractivity contribution in [3.8, 4) is 0 Å². The van der Waals surface area contributed by atoms with Crippen LogP contribution >= 0.6 is 0 Å². The van der Waals surface area contributed by atoms with Crippen molar-refractivity contribution in [3.63, 3.8) is 0 Å². The van der Waals surface area contributed by atoms with Crippen molar-refractivity contribution in [2.75, 3.05) is 6.54 Å². The number of hydrogen-bond donors (Lipinski definition) is 1. The molecule has 0 aromatic heterocycles. The van der Waals surface area contributed by atoms with Crippen LogP contribution in [0, 0.1) is 17.6 Å². The standard InChI is InChI=1S/C18H19F2N/c1-2-21-18(14-9-8-13(19)10-17(14)20)16-11-15(16)12-6-4-3-5-7-12/h3-10,15-16,18,21H,2,11H2,1H3. The Morgan fingerprint density at radius 1 is 1.14 bits per heavy atom. The lowest BCUT2D eigenvalue weighted by atomic mass is 9.98. The van der Waals surface area contributed by atoms with Gasteiger partial charge in [0.1, 0.15) is 11.6 Å². The summed E-state index contributed by atoms with van der Waals surface area (Å²) in [7, 11) is 0. The van der Waals surface area contributed by atoms with Crippen molar-refractivity contribution >= 4 is 0 Å². The monoisotopic (exact) mass is 287 g/mol. The molecule has 21 heavy (non-hydrogen) atoms. The predicted molar refractivity (Wildman–Crippen MR) is 80.1 cm³/mol. The van der Waals surface area contributed by atoms with Crippen LogP contribution in [0.15, 0.2) is 48.5 Å². The van der Waals surface area contributed by atoms with Gasteiger partial charge < -0.3 is 5.32 Å². The molecule has 0 heterocycles. The van der Waals surface area contributed by atoms with Gasteiger partial charge in [-0.05, 0) is 36.4 Å². The Hall–Kier alpha value is -1.74. The Morgan fingerprint density at radius 3 is 2.57 bits per heavy atom. The molecule has 0 spiro atoms. The third-order valence-corrected chi connectivity index (χ3v) is 4.22. The lowest BCUT2D eigenvalue weighted by molar-refractivity contribution is 0.458. The molecule has 2 aromatic rings. The molecule has 2 aromatic carbocycles. The van der Waals surface area contributed by atoms with Gasteiger partial charge in [0.15, 0.2) is 0 Å². The van der Waals surface area contributed by atoms with E-state index < -0.39 is 11.6 Å². The Balaban J connectivity index is 1.83. The van der Waals surface area contributed by atoms with Gasteiger partial charge in [-0.2, -0.15) is 0 Å². The van der Waals surface area contributed by atoms with Crippen molar-refractivity contribution in [2.24, 2.45) is 5.92 Å². The molecule has 0 radical (unpaired) electrons. The summed E-state index contributed by atoms with van der Waals surface area (Å²) in [5.74, 6) is -0.159. The maximum absolute atomic E-state index is 14.1. The lowest BCUT2D eigenvalue weighted by Gasteiger charge is -2.19. The summed E-state index contributed by atoms with van der Waals surface area (Å²) >= 11 is 0. The molecule has 1 fully saturated rings. The molecule has 1 aliphatic carbocycles. The molecule has 1 N–H and O–H groups in total. The first-order valence-corrected chi connectivity index (χ1v) is 7.44. The third-order valence-electron chi connectivity index (χ3n) is 4.22. The molecular weight excluding hydrogens is 268 g/mol. The number of halogens is 2. The first-order valence-electron chi connectivity index (χ1n) is 7.44. The molecule has 1 saturated carbocycles. The number of nitrogens with one attached hydrogen (secondary N) is 1. The largest absolute Gasteiger partial charge is 0.310 e. The van der Waals surface area contributed by atoms with Crippen molar-refractivity contribution in [1.29, 1.82) is 0 Å². The number of benzene rings is 2. The van der Waals surface area contributed by atoms with Crippen LogP contribution in [0.2, 0.25) is 0 Å². The maximum atomic E-state index is 14.1. The van der Waals surface area contributed by atoms with Crippen LogP contribution in [-0.4, -0.2) is 6.54 Å². The third kappa shape index (κ3) is 2.98. The summed E-state index contributed by atoms with van der Waals surface area (Å²) in [6.45, 7) is 2.77. The summed E-state index contributed by atoms with van der Waals surface area (Å²) in [6, 6.07) is 14.1. The summed E-state index contributed by atoms with van der Waals surface area (Å²) in [4.78, 5) is 0. The summed E-state index contributed by atoms with van der Waals surface area (Å²) in [5, 5.41) is 3.36. The molecule has 3 unspecified atom stereocenters. The molecule has 3 heteroatoms. The molecule has 0 aliphatic heterocycles. The minimum atomic E-state index is -0.526. The molecule has 1 aliphatic rings. The van der Waals surface area contributed by atoms with Crippen LogP contribution in [0.3, 0.4) is 0 Å². The van der Waals surface area contributed by atoms with Crippen LogP contribution in [0.4, 0.5) is 8.78 Å². The van der Waals surface area contributed by atoms with E-state index in [2.05, 4.69) is 17.4 Å². The van der Waals surface area contributed by atoms with Gasteiger partial charge in [0, 0.05) is 17.7 Å². The minimum Gasteiger partial charge on any atom is -0.310 e. The van der Waals surface area contributed by atoms with Crippen LogP contribution in [0.1, 0.15) is 36.4 Å². The Morgan fingerprint density at radius 2 is 1.90 bits per heavy atom. The van der Waals surface area contributed by atoms with Crippen LogP contribution < -0.4 is 5.32 Å². The zero-order valence-electron chi connectivity index (χ0n) is 12.0. The lowest BCUT2D eigenvalue weighted by Crippen LogP contribution is -2.24. The summed E-state index contributed by atoms with van der Waals surface area (Å²) in [5.41, 5.74) is 1.87. The average Bonchev–Trinajstić information content (AvgIpc) is 3.27. The summed E-state index contributed by atoms with van der Waals surface area (Å²) < 4.78 is 27.2. The maximum Gasteiger partial charge on any atom is 0.130 e. The van der Waals surface area contributed by atoms with Gasteiger partial charge in [0.2, 0.25) is 0 Å². The molecule has 0 amide bonds. The molecular formula is C18H19F2N. The van der Waals surface area contributed by atoms with E-state index in [4.69, 9.17) is 0 Å². The normalized spacial score (nSPS) is 22.0. The van der Waals surface area contributed by atoms with E-state index in [-0.39, 0.29) is 6.04 Å². The SMILES string of the molecule is CCNC(c1ccc(F)cc1F)C1CC1c1ccccc1. The number of hydrogen-bond acceptors (Lipinski definition) is 1. The predicted octanol–water partition coefficient (Wildman–Crippen LogP) is 4.42. The van der Waals surface area contributed by atoms with Gasteiger partial charge in [-0.1, -0.05) is 43.3 Å². The molecule has 0 bridgehead atoms. The van der Waals surface area contributed by atoms with Gasteiger partial charge in [0.05, 0.1) is 0 Å². The zero-order valence-corrected chi connectivity index (χ0v) is 12.0. The van der Waals surface area contributed by atoms with Crippen molar-refractivity contribution in [2.45, 2.75) is 25.3 Å². The van der Waals surface area contributed by atoms with Gasteiger partial charge in [0.25, 0.3) is 0 Å². The summed E-state index contributed by atoms with van der Waals surface area (Å²) in [6.07, 6.45) is 1.04. The van der Waals surface area contributed by atoms with Gasteiger partial charge in [-0.15, -0.1) is 0 Å². The molecule has 1 nitrogen and oxygen atoms in total. The Labute approximate surface area is 124 Å². The molecule has 110 valence electrons. The Kier molecular flexibility index (Phi) is 4.02. The topological polar surface area (TPSA) is 12.0 Å². The first kappa shape index (κ1) is 14.2. The van der Waals surface area contributed by atoms with E-state index in [9.17, 15) is 8.78 Å². The fourth-order valence-electron chi connectivity index (χ4n) is 3.13. The second-order valence-corrected chi connectivity index (χ2v) is 5.62. The highest BCUT2D eigenvalue weighted by Gasteiger charge is 2.44. The minimum absolute atomic E-state index is 0.0548. The molecule has 3 rings (SSSR count). The first-order chi connectivity index (χ1) is 10.2. The van der Waals surface area contributed by atoms with E-state index in [1.807, 2.05) is 25.1 Å². The quantitative estimate of drug-likeness (QED) is 0.858. The second-order valence-electron chi connectivity index (χ2n) is 5.62. The van der Waals surface area contributed by atoms with Gasteiger partial charge in [-0.3, -0.25) is 0 Å². The molecule has 3 atom stereocenters. The zero-order chi connectivity index (χ0) is 14.8. The van der Waals surface area contributed by atoms with Crippen molar-refractivity contribution < 1.29 is 8.78 Å². The van der Waals surface area contributed by atoms with E-state index in [0.29, 0.717) is 17.4 Å². The van der Waals surface area contributed by atoms with Gasteiger partial charge >= 0.3 is 0 Å². The highest BCUT2D eigenvalue weighted by Crippen LogP contribution is 2.54. The highest BCUT2D eigenvalue weighted by molar-refractivity contribution is 5.31. The fourth-order valence-corrected chi connectivity index (χ4v) is 3.13. The highest BCUT2D eigenvalue weighted by atomic mass is 19.1. The van der Waals surface area contributed by atoms with Crippen molar-refractivity contribution in [1.82, 2.24) is 5.32 Å². The Bertz CT molecular complexity index is 612. The molecule has 0 saturated heterocycles. The number of rotatable bonds is 5. The van der Waals surface area contributed by atoms with Crippen LogP contribution in [-0.2, 0) is 0 Å². The van der Waals surface area contributed by atoms with Crippen LogP contribution in [0.25, 0.3) is 0 Å². The van der Waals surface area contributed by atoms with Crippen LogP contribution in [0.5, 0.6) is 0 Å². The van der Waals surface area contributed by atoms with Crippen molar-refractivity contribution in [3.05, 3.63) is 71.3 Å². The second kappa shape index (κ2) is 5.94. The average molecular weight is 287 g/mol.